The summed E-state index contributed by atoms with van der Waals surface area (Å²) in [6.45, 7) is 13.8. The van der Waals surface area contributed by atoms with Gasteiger partial charge >= 0.3 is 0 Å². The summed E-state index contributed by atoms with van der Waals surface area (Å²) in [5.74, 6) is 0. The van der Waals surface area contributed by atoms with Crippen LogP contribution >= 0.6 is 0 Å². The van der Waals surface area contributed by atoms with E-state index >= 15 is 0 Å². The van der Waals surface area contributed by atoms with Crippen molar-refractivity contribution < 1.29 is 9.16 Å². The molecular formula is C31H38O2Si. The molecule has 1 atom stereocenters. The maximum atomic E-state index is 7.11. The van der Waals surface area contributed by atoms with Crippen LogP contribution in [0.2, 0.25) is 5.04 Å². The van der Waals surface area contributed by atoms with Crippen molar-refractivity contribution in [3.05, 3.63) is 120 Å². The van der Waals surface area contributed by atoms with Gasteiger partial charge in [0, 0.05) is 0 Å². The zero-order valence-electron chi connectivity index (χ0n) is 21.4. The molecule has 3 aromatic carbocycles. The van der Waals surface area contributed by atoms with Crippen LogP contribution in [0.15, 0.2) is 114 Å². The summed E-state index contributed by atoms with van der Waals surface area (Å²) in [6.07, 6.45) is 3.87. The second-order valence-electron chi connectivity index (χ2n) is 9.97. The highest BCUT2D eigenvalue weighted by atomic mass is 28.4. The van der Waals surface area contributed by atoms with Crippen LogP contribution in [-0.2, 0) is 9.16 Å². The van der Waals surface area contributed by atoms with Crippen LogP contribution in [0.5, 0.6) is 0 Å². The molecule has 0 spiro atoms. The van der Waals surface area contributed by atoms with E-state index in [9.17, 15) is 0 Å². The molecule has 0 bridgehead atoms. The molecule has 0 fully saturated rings. The molecule has 0 aliphatic heterocycles. The Kier molecular flexibility index (Phi) is 8.71. The van der Waals surface area contributed by atoms with Crippen molar-refractivity contribution in [3.63, 3.8) is 0 Å². The smallest absolute Gasteiger partial charge is 0.261 e. The fourth-order valence-corrected chi connectivity index (χ4v) is 8.88. The number of rotatable bonds is 9. The van der Waals surface area contributed by atoms with Gasteiger partial charge in [-0.25, -0.2) is 0 Å². The van der Waals surface area contributed by atoms with Crippen molar-refractivity contribution in [1.82, 2.24) is 0 Å². The van der Waals surface area contributed by atoms with Crippen molar-refractivity contribution in [3.8, 4) is 0 Å². The van der Waals surface area contributed by atoms with Gasteiger partial charge < -0.3 is 9.16 Å². The van der Waals surface area contributed by atoms with Crippen LogP contribution in [0.4, 0.5) is 0 Å². The predicted octanol–water partition coefficient (Wildman–Crippen LogP) is 7.19. The third-order valence-electron chi connectivity index (χ3n) is 6.32. The molecule has 1 unspecified atom stereocenters. The minimum Gasteiger partial charge on any atom is -0.494 e. The van der Waals surface area contributed by atoms with Crippen molar-refractivity contribution >= 4 is 18.7 Å². The van der Waals surface area contributed by atoms with Crippen LogP contribution in [0.25, 0.3) is 0 Å². The summed E-state index contributed by atoms with van der Waals surface area (Å²) in [5, 5.41) is 2.53. The standard InChI is InChI=1S/C31H38O2Si/c1-25(2)28(22-23-32-26(3)27-16-10-7-11-17-27)24-33-34(31(4,5)6,29-18-12-8-13-19-29)30-20-14-9-15-21-30/h7-23,26H,24H2,1-6H3. The Morgan fingerprint density at radius 3 is 1.71 bits per heavy atom. The second kappa shape index (κ2) is 11.5. The van der Waals surface area contributed by atoms with Crippen LogP contribution < -0.4 is 10.4 Å². The third-order valence-corrected chi connectivity index (χ3v) is 11.3. The molecular weight excluding hydrogens is 432 g/mol. The third kappa shape index (κ3) is 5.97. The Bertz CT molecular complexity index is 1040. The fourth-order valence-electron chi connectivity index (χ4n) is 4.35. The molecule has 0 N–H and O–H groups in total. The highest BCUT2D eigenvalue weighted by Gasteiger charge is 2.50. The van der Waals surface area contributed by atoms with Crippen LogP contribution in [-0.4, -0.2) is 14.9 Å². The molecule has 3 heteroatoms. The molecule has 178 valence electrons. The zero-order chi connectivity index (χ0) is 24.6. The van der Waals surface area contributed by atoms with E-state index in [1.165, 1.54) is 15.9 Å². The Balaban J connectivity index is 1.89. The van der Waals surface area contributed by atoms with Crippen molar-refractivity contribution in [2.45, 2.75) is 52.7 Å². The van der Waals surface area contributed by atoms with E-state index in [1.54, 1.807) is 0 Å². The van der Waals surface area contributed by atoms with E-state index in [0.717, 1.165) is 11.1 Å². The Morgan fingerprint density at radius 1 is 0.794 bits per heavy atom. The quantitative estimate of drug-likeness (QED) is 0.187. The predicted molar refractivity (Wildman–Crippen MR) is 147 cm³/mol. The SMILES string of the molecule is CC(C)=C(C=COC(C)c1ccccc1)CO[Si](c1ccccc1)(c1ccccc1)C(C)(C)C. The molecule has 0 saturated carbocycles. The number of hydrogen-bond donors (Lipinski definition) is 0. The molecule has 34 heavy (non-hydrogen) atoms. The van der Waals surface area contributed by atoms with Gasteiger partial charge in [0.1, 0.15) is 6.10 Å². The van der Waals surface area contributed by atoms with Crippen molar-refractivity contribution in [2.24, 2.45) is 0 Å². The van der Waals surface area contributed by atoms with Crippen LogP contribution in [0, 0.1) is 0 Å². The Hall–Kier alpha value is -2.88. The van der Waals surface area contributed by atoms with Gasteiger partial charge in [-0.05, 0) is 53.4 Å². The average molecular weight is 471 g/mol. The number of allylic oxidation sites excluding steroid dienone is 1. The highest BCUT2D eigenvalue weighted by Crippen LogP contribution is 2.37. The molecule has 3 rings (SSSR count). The van der Waals surface area contributed by atoms with E-state index in [-0.39, 0.29) is 11.1 Å². The summed E-state index contributed by atoms with van der Waals surface area (Å²) in [4.78, 5) is 0. The van der Waals surface area contributed by atoms with E-state index in [0.29, 0.717) is 6.61 Å². The van der Waals surface area contributed by atoms with E-state index in [1.807, 2.05) is 24.5 Å². The van der Waals surface area contributed by atoms with Crippen LogP contribution in [0.1, 0.15) is 53.2 Å². The van der Waals surface area contributed by atoms with Crippen molar-refractivity contribution in [1.29, 1.82) is 0 Å². The maximum absolute atomic E-state index is 7.11. The average Bonchev–Trinajstić information content (AvgIpc) is 2.84. The lowest BCUT2D eigenvalue weighted by atomic mass is 10.1. The second-order valence-corrected chi connectivity index (χ2v) is 14.3. The molecule has 0 saturated heterocycles. The maximum Gasteiger partial charge on any atom is 0.261 e. The first-order valence-corrected chi connectivity index (χ1v) is 13.9. The number of benzene rings is 3. The summed E-state index contributed by atoms with van der Waals surface area (Å²) in [6, 6.07) is 31.8. The Labute approximate surface area is 207 Å². The van der Waals surface area contributed by atoms with Gasteiger partial charge in [-0.15, -0.1) is 0 Å². The zero-order valence-corrected chi connectivity index (χ0v) is 22.4. The summed E-state index contributed by atoms with van der Waals surface area (Å²) < 4.78 is 13.1. The molecule has 3 aromatic rings. The molecule has 0 heterocycles. The van der Waals surface area contributed by atoms with Gasteiger partial charge in [0.15, 0.2) is 0 Å². The minimum absolute atomic E-state index is 0.00606. The minimum atomic E-state index is -2.58. The van der Waals surface area contributed by atoms with E-state index in [2.05, 4.69) is 120 Å². The van der Waals surface area contributed by atoms with Crippen molar-refractivity contribution in [2.75, 3.05) is 6.61 Å². The van der Waals surface area contributed by atoms with Crippen LogP contribution in [0.3, 0.4) is 0 Å². The van der Waals surface area contributed by atoms with Gasteiger partial charge in [0.25, 0.3) is 8.32 Å². The highest BCUT2D eigenvalue weighted by molar-refractivity contribution is 6.99. The Morgan fingerprint density at radius 2 is 1.26 bits per heavy atom. The lowest BCUT2D eigenvalue weighted by Gasteiger charge is -2.43. The summed E-state index contributed by atoms with van der Waals surface area (Å²) in [5.41, 5.74) is 3.54. The molecule has 0 amide bonds. The molecule has 0 aliphatic rings. The van der Waals surface area contributed by atoms with E-state index < -0.39 is 8.32 Å². The molecule has 0 aliphatic carbocycles. The van der Waals surface area contributed by atoms with Gasteiger partial charge in [-0.3, -0.25) is 0 Å². The molecule has 2 nitrogen and oxygen atoms in total. The number of ether oxygens (including phenoxy) is 1. The number of hydrogen-bond acceptors (Lipinski definition) is 2. The van der Waals surface area contributed by atoms with Gasteiger partial charge in [0.05, 0.1) is 12.9 Å². The van der Waals surface area contributed by atoms with Gasteiger partial charge in [-0.2, -0.15) is 0 Å². The lowest BCUT2D eigenvalue weighted by molar-refractivity contribution is 0.164. The normalized spacial score (nSPS) is 13.0. The van der Waals surface area contributed by atoms with E-state index in [4.69, 9.17) is 9.16 Å². The summed E-state index contributed by atoms with van der Waals surface area (Å²) in [7, 11) is -2.58. The monoisotopic (exact) mass is 470 g/mol. The largest absolute Gasteiger partial charge is 0.494 e. The van der Waals surface area contributed by atoms with Gasteiger partial charge in [0.2, 0.25) is 0 Å². The first-order valence-electron chi connectivity index (χ1n) is 12.0. The first-order chi connectivity index (χ1) is 16.3. The topological polar surface area (TPSA) is 18.5 Å². The summed E-state index contributed by atoms with van der Waals surface area (Å²) >= 11 is 0. The van der Waals surface area contributed by atoms with Gasteiger partial charge in [-0.1, -0.05) is 117 Å². The molecule has 0 aromatic heterocycles. The lowest BCUT2D eigenvalue weighted by Crippen LogP contribution is -2.66. The first kappa shape index (κ1) is 25.7. The molecule has 0 radical (unpaired) electrons. The fraction of sp³-hybridized carbons (Fsp3) is 0.290.